The van der Waals surface area contributed by atoms with Crippen LogP contribution >= 0.6 is 0 Å². The van der Waals surface area contributed by atoms with Gasteiger partial charge in [0.15, 0.2) is 11.6 Å². The Labute approximate surface area is 158 Å². The number of alkyl halides is 3. The van der Waals surface area contributed by atoms with Gasteiger partial charge in [0.1, 0.15) is 5.65 Å². The second-order valence-corrected chi connectivity index (χ2v) is 8.53. The third kappa shape index (κ3) is 3.87. The van der Waals surface area contributed by atoms with Crippen molar-refractivity contribution in [3.63, 3.8) is 0 Å². The molecule has 1 atom stereocenters. The van der Waals surface area contributed by atoms with E-state index in [-0.39, 0.29) is 6.54 Å². The van der Waals surface area contributed by atoms with Crippen LogP contribution < -0.4 is 9.62 Å². The van der Waals surface area contributed by atoms with Gasteiger partial charge in [-0.25, -0.2) is 18.1 Å². The summed E-state index contributed by atoms with van der Waals surface area (Å²) in [5.41, 5.74) is 0.682. The number of halogens is 3. The molecule has 12 heteroatoms. The van der Waals surface area contributed by atoms with Crippen molar-refractivity contribution in [1.29, 1.82) is 0 Å². The maximum absolute atomic E-state index is 12.5. The Hall–Kier alpha value is -2.47. The van der Waals surface area contributed by atoms with E-state index in [4.69, 9.17) is 0 Å². The number of nitrogens with zero attached hydrogens (tertiary/aromatic N) is 4. The van der Waals surface area contributed by atoms with Crippen LogP contribution in [0, 0.1) is 0 Å². The van der Waals surface area contributed by atoms with Crippen LogP contribution in [0.25, 0.3) is 21.8 Å². The highest BCUT2D eigenvalue weighted by Crippen LogP contribution is 2.31. The van der Waals surface area contributed by atoms with E-state index in [9.17, 15) is 21.6 Å². The summed E-state index contributed by atoms with van der Waals surface area (Å²) in [5, 5.41) is 10.7. The van der Waals surface area contributed by atoms with E-state index in [0.29, 0.717) is 30.9 Å². The molecular formula is C16H17F3N6O2S. The lowest BCUT2D eigenvalue weighted by molar-refractivity contribution is -0.106. The predicted octanol–water partition coefficient (Wildman–Crippen LogP) is 1.96. The van der Waals surface area contributed by atoms with Crippen LogP contribution in [0.2, 0.25) is 0 Å². The van der Waals surface area contributed by atoms with Gasteiger partial charge in [0, 0.05) is 47.7 Å². The van der Waals surface area contributed by atoms with E-state index >= 15 is 0 Å². The van der Waals surface area contributed by atoms with Gasteiger partial charge in [-0.2, -0.15) is 18.3 Å². The van der Waals surface area contributed by atoms with Gasteiger partial charge >= 0.3 is 6.18 Å². The van der Waals surface area contributed by atoms with Crippen molar-refractivity contribution in [2.45, 2.75) is 25.1 Å². The van der Waals surface area contributed by atoms with Crippen molar-refractivity contribution in [3.8, 4) is 0 Å². The molecule has 0 saturated carbocycles. The van der Waals surface area contributed by atoms with E-state index < -0.39 is 28.0 Å². The summed E-state index contributed by atoms with van der Waals surface area (Å²) in [6, 6.07) is 1.23. The summed E-state index contributed by atoms with van der Waals surface area (Å²) in [5.74, 6) is -1.33. The van der Waals surface area contributed by atoms with Gasteiger partial charge in [-0.1, -0.05) is 0 Å². The number of H-pyrrole nitrogens is 1. The Morgan fingerprint density at radius 3 is 2.93 bits per heavy atom. The van der Waals surface area contributed by atoms with Crippen molar-refractivity contribution < 1.29 is 21.6 Å². The Morgan fingerprint density at radius 2 is 2.14 bits per heavy atom. The molecule has 150 valence electrons. The number of hydrogen-bond donors (Lipinski definition) is 2. The number of anilines is 1. The number of rotatable bonds is 4. The molecule has 0 bridgehead atoms. The summed E-state index contributed by atoms with van der Waals surface area (Å²) >= 11 is 0. The molecule has 3 aromatic heterocycles. The first-order valence-corrected chi connectivity index (χ1v) is 10.3. The van der Waals surface area contributed by atoms with Gasteiger partial charge in [-0.15, -0.1) is 5.10 Å². The predicted molar refractivity (Wildman–Crippen MR) is 97.4 cm³/mol. The molecule has 3 aromatic rings. The van der Waals surface area contributed by atoms with Crippen LogP contribution in [0.4, 0.5) is 19.0 Å². The average Bonchev–Trinajstić information content (AvgIpc) is 3.07. The number of nitrogens with one attached hydrogen (secondary N) is 2. The standard InChI is InChI=1S/C16H17F3N6O2S/c17-16(18,19)9-28(26,27)24-11-2-1-5-25(8-11)15-13-10(7-22-23-15)6-21-14-12(13)3-4-20-14/h3-4,6-7,11,24H,1-2,5,8-9H2,(H,20,21). The fourth-order valence-electron chi connectivity index (χ4n) is 3.56. The minimum atomic E-state index is -4.78. The molecule has 0 aromatic carbocycles. The van der Waals surface area contributed by atoms with Crippen molar-refractivity contribution in [1.82, 2.24) is 24.9 Å². The molecule has 1 aliphatic heterocycles. The van der Waals surface area contributed by atoms with E-state index in [1.807, 2.05) is 11.0 Å². The summed E-state index contributed by atoms with van der Waals surface area (Å²) in [4.78, 5) is 9.19. The van der Waals surface area contributed by atoms with E-state index in [1.54, 1.807) is 18.6 Å². The first-order chi connectivity index (χ1) is 13.2. The molecule has 0 amide bonds. The van der Waals surface area contributed by atoms with Gasteiger partial charge in [0.05, 0.1) is 6.20 Å². The Bertz CT molecular complexity index is 1110. The minimum absolute atomic E-state index is 0.207. The highest BCUT2D eigenvalue weighted by molar-refractivity contribution is 7.89. The molecule has 2 N–H and O–H groups in total. The highest BCUT2D eigenvalue weighted by Gasteiger charge is 2.37. The number of fused-ring (bicyclic) bond motifs is 3. The van der Waals surface area contributed by atoms with Crippen LogP contribution in [0.1, 0.15) is 12.8 Å². The first-order valence-electron chi connectivity index (χ1n) is 8.61. The lowest BCUT2D eigenvalue weighted by Gasteiger charge is -2.34. The molecule has 8 nitrogen and oxygen atoms in total. The molecule has 1 aliphatic rings. The van der Waals surface area contributed by atoms with Crippen molar-refractivity contribution in [2.75, 3.05) is 23.7 Å². The number of aromatic amines is 1. The zero-order valence-electron chi connectivity index (χ0n) is 14.6. The monoisotopic (exact) mass is 414 g/mol. The number of aromatic nitrogens is 4. The molecule has 0 aliphatic carbocycles. The molecule has 0 radical (unpaired) electrons. The van der Waals surface area contributed by atoms with E-state index in [0.717, 1.165) is 16.2 Å². The van der Waals surface area contributed by atoms with Crippen LogP contribution in [-0.2, 0) is 10.0 Å². The average molecular weight is 414 g/mol. The molecule has 1 saturated heterocycles. The summed E-state index contributed by atoms with van der Waals surface area (Å²) in [6.45, 7) is 0.804. The quantitative estimate of drug-likeness (QED) is 0.676. The van der Waals surface area contributed by atoms with Gasteiger partial charge in [-0.05, 0) is 18.9 Å². The fraction of sp³-hybridized carbons (Fsp3) is 0.438. The summed E-state index contributed by atoms with van der Waals surface area (Å²) in [7, 11) is -4.47. The Balaban J connectivity index is 1.63. The maximum atomic E-state index is 12.5. The number of sulfonamides is 1. The zero-order chi connectivity index (χ0) is 19.9. The van der Waals surface area contributed by atoms with Crippen molar-refractivity contribution in [2.24, 2.45) is 0 Å². The second-order valence-electron chi connectivity index (χ2n) is 6.77. The van der Waals surface area contributed by atoms with Gasteiger partial charge in [0.25, 0.3) is 0 Å². The largest absolute Gasteiger partial charge is 0.404 e. The lowest BCUT2D eigenvalue weighted by Crippen LogP contribution is -2.49. The zero-order valence-corrected chi connectivity index (χ0v) is 15.4. The van der Waals surface area contributed by atoms with Crippen LogP contribution in [0.5, 0.6) is 0 Å². The molecule has 1 fully saturated rings. The first kappa shape index (κ1) is 18.9. The molecule has 28 heavy (non-hydrogen) atoms. The third-order valence-corrected chi connectivity index (χ3v) is 6.01. The Morgan fingerprint density at radius 1 is 1.32 bits per heavy atom. The van der Waals surface area contributed by atoms with Gasteiger partial charge < -0.3 is 9.88 Å². The molecule has 1 unspecified atom stereocenters. The van der Waals surface area contributed by atoms with Crippen LogP contribution in [-0.4, -0.2) is 59.6 Å². The SMILES string of the molecule is O=S(=O)(CC(F)(F)F)NC1CCCN(c2nncc3cnc4[nH]ccc4c23)C1. The maximum Gasteiger partial charge on any atom is 0.404 e. The fourth-order valence-corrected chi connectivity index (χ4v) is 4.78. The summed E-state index contributed by atoms with van der Waals surface area (Å²) < 4.78 is 63.3. The third-order valence-electron chi connectivity index (χ3n) is 4.61. The van der Waals surface area contributed by atoms with Gasteiger partial charge in [-0.3, -0.25) is 0 Å². The normalized spacial score (nSPS) is 18.8. The molecule has 4 rings (SSSR count). The molecule has 0 spiro atoms. The minimum Gasteiger partial charge on any atom is -0.353 e. The second kappa shape index (κ2) is 6.85. The smallest absolute Gasteiger partial charge is 0.353 e. The topological polar surface area (TPSA) is 104 Å². The van der Waals surface area contributed by atoms with Crippen LogP contribution in [0.3, 0.4) is 0 Å². The summed E-state index contributed by atoms with van der Waals surface area (Å²) in [6.07, 6.45) is 1.29. The Kier molecular flexibility index (Phi) is 4.62. The van der Waals surface area contributed by atoms with Crippen molar-refractivity contribution in [3.05, 3.63) is 24.7 Å². The van der Waals surface area contributed by atoms with E-state index in [2.05, 4.69) is 24.9 Å². The van der Waals surface area contributed by atoms with Crippen LogP contribution in [0.15, 0.2) is 24.7 Å². The van der Waals surface area contributed by atoms with Crippen molar-refractivity contribution >= 4 is 37.6 Å². The lowest BCUT2D eigenvalue weighted by atomic mass is 10.1. The number of hydrogen-bond acceptors (Lipinski definition) is 6. The van der Waals surface area contributed by atoms with Gasteiger partial charge in [0.2, 0.25) is 10.0 Å². The number of piperidine rings is 1. The molecular weight excluding hydrogens is 397 g/mol. The van der Waals surface area contributed by atoms with E-state index in [1.165, 1.54) is 0 Å². The molecule has 4 heterocycles. The highest BCUT2D eigenvalue weighted by atomic mass is 32.2. The number of pyridine rings is 1.